The van der Waals surface area contributed by atoms with Gasteiger partial charge >= 0.3 is 0 Å². The molecule has 2 heterocycles. The fraction of sp³-hybridized carbons (Fsp3) is 0.381. The Hall–Kier alpha value is -2.67. The van der Waals surface area contributed by atoms with Crippen molar-refractivity contribution in [1.82, 2.24) is 9.55 Å². The number of benzene rings is 1. The molecule has 4 heteroatoms. The summed E-state index contributed by atoms with van der Waals surface area (Å²) in [7, 11) is 1.74. The second kappa shape index (κ2) is 6.33. The van der Waals surface area contributed by atoms with Gasteiger partial charge in [0, 0.05) is 25.1 Å². The molecule has 0 saturated heterocycles. The molecule has 0 N–H and O–H groups in total. The number of hydrogen-bond donors (Lipinski definition) is 0. The summed E-state index contributed by atoms with van der Waals surface area (Å²) in [6.45, 7) is 2.88. The van der Waals surface area contributed by atoms with Crippen LogP contribution >= 0.6 is 0 Å². The molecule has 0 radical (unpaired) electrons. The Morgan fingerprint density at radius 2 is 2.36 bits per heavy atom. The van der Waals surface area contributed by atoms with Gasteiger partial charge in [0.15, 0.2) is 0 Å². The number of aliphatic imine (C=N–C) groups is 1. The molecule has 25 heavy (non-hydrogen) atoms. The molecular weight excluding hydrogens is 310 g/mol. The molecule has 126 valence electrons. The molecule has 0 spiro atoms. The van der Waals surface area contributed by atoms with E-state index in [0.29, 0.717) is 11.3 Å². The summed E-state index contributed by atoms with van der Waals surface area (Å²) >= 11 is 0. The molecule has 1 saturated carbocycles. The highest BCUT2D eigenvalue weighted by atomic mass is 16.1. The average Bonchev–Trinajstić information content (AvgIpc) is 3.42. The molecule has 2 aliphatic rings. The van der Waals surface area contributed by atoms with Crippen LogP contribution in [0.25, 0.3) is 10.9 Å². The van der Waals surface area contributed by atoms with E-state index in [2.05, 4.69) is 23.8 Å². The summed E-state index contributed by atoms with van der Waals surface area (Å²) in [5.41, 5.74) is 2.46. The third-order valence-electron chi connectivity index (χ3n) is 5.05. The van der Waals surface area contributed by atoms with Crippen molar-refractivity contribution in [3.8, 4) is 11.8 Å². The summed E-state index contributed by atoms with van der Waals surface area (Å²) in [4.78, 5) is 21.7. The minimum atomic E-state index is 0.0894. The van der Waals surface area contributed by atoms with E-state index in [1.165, 1.54) is 6.42 Å². The van der Waals surface area contributed by atoms with Crippen LogP contribution in [0.2, 0.25) is 0 Å². The van der Waals surface area contributed by atoms with Crippen molar-refractivity contribution in [3.05, 3.63) is 52.1 Å². The Bertz CT molecular complexity index is 1020. The second-order valence-electron chi connectivity index (χ2n) is 6.72. The summed E-state index contributed by atoms with van der Waals surface area (Å²) in [6.07, 6.45) is 7.22. The summed E-state index contributed by atoms with van der Waals surface area (Å²) in [6, 6.07) is 5.67. The summed E-state index contributed by atoms with van der Waals surface area (Å²) < 4.78 is 1.87. The van der Waals surface area contributed by atoms with Crippen LogP contribution in [-0.2, 0) is 6.54 Å². The lowest BCUT2D eigenvalue weighted by Crippen LogP contribution is -2.27. The van der Waals surface area contributed by atoms with Crippen molar-refractivity contribution in [2.75, 3.05) is 7.05 Å². The zero-order chi connectivity index (χ0) is 17.4. The number of fused-ring (bicyclic) bond motifs is 4. The number of nitrogens with zero attached hydrogens (tertiary/aromatic N) is 3. The van der Waals surface area contributed by atoms with Crippen LogP contribution < -0.4 is 5.56 Å². The van der Waals surface area contributed by atoms with Crippen molar-refractivity contribution < 1.29 is 0 Å². The van der Waals surface area contributed by atoms with Crippen molar-refractivity contribution in [2.24, 2.45) is 10.9 Å². The van der Waals surface area contributed by atoms with Crippen LogP contribution in [0.15, 0.2) is 40.1 Å². The first-order valence-electron chi connectivity index (χ1n) is 8.91. The maximum Gasteiger partial charge on any atom is 0.261 e. The Balaban J connectivity index is 1.74. The standard InChI is InChI=1S/C21H21N3O/c1-3-4-5-16(22-2)8-6-14-7-9-17-19(12-14)23-20-18-13-15(18)10-11-24(20)21(17)25/h4-5,7,9,12,15,18H,3,10-11,13H2,1-2H3/b5-4-,22-16?. The van der Waals surface area contributed by atoms with E-state index in [9.17, 15) is 4.79 Å². The van der Waals surface area contributed by atoms with Crippen molar-refractivity contribution >= 4 is 16.6 Å². The van der Waals surface area contributed by atoms with Gasteiger partial charge in [-0.2, -0.15) is 0 Å². The topological polar surface area (TPSA) is 47.2 Å². The quantitative estimate of drug-likeness (QED) is 0.626. The lowest BCUT2D eigenvalue weighted by atomic mass is 10.1. The van der Waals surface area contributed by atoms with E-state index >= 15 is 0 Å². The molecule has 1 aliphatic carbocycles. The molecule has 0 amide bonds. The number of rotatable bonds is 2. The fourth-order valence-corrected chi connectivity index (χ4v) is 3.53. The Kier molecular flexibility index (Phi) is 4.01. The molecule has 4 rings (SSSR count). The van der Waals surface area contributed by atoms with Crippen LogP contribution in [0.3, 0.4) is 0 Å². The number of allylic oxidation sites excluding steroid dienone is 2. The Morgan fingerprint density at radius 3 is 3.16 bits per heavy atom. The van der Waals surface area contributed by atoms with Crippen LogP contribution in [0.5, 0.6) is 0 Å². The van der Waals surface area contributed by atoms with Gasteiger partial charge in [0.2, 0.25) is 0 Å². The van der Waals surface area contributed by atoms with Crippen LogP contribution in [0.1, 0.15) is 43.5 Å². The molecule has 1 fully saturated rings. The highest BCUT2D eigenvalue weighted by molar-refractivity contribution is 6.09. The Labute approximate surface area is 147 Å². The first-order chi connectivity index (χ1) is 12.2. The minimum Gasteiger partial charge on any atom is -0.296 e. The zero-order valence-corrected chi connectivity index (χ0v) is 14.6. The number of hydrogen-bond acceptors (Lipinski definition) is 3. The second-order valence-corrected chi connectivity index (χ2v) is 6.72. The Morgan fingerprint density at radius 1 is 1.48 bits per heavy atom. The van der Waals surface area contributed by atoms with Gasteiger partial charge < -0.3 is 0 Å². The SMILES string of the molecule is CC/C=C\C(C#Cc1ccc2c(=O)n3c(nc2c1)C1CC1CC3)=NC. The number of aromatic nitrogens is 2. The maximum absolute atomic E-state index is 12.7. The molecule has 2 atom stereocenters. The van der Waals surface area contributed by atoms with Gasteiger partial charge in [-0.05, 0) is 55.4 Å². The highest BCUT2D eigenvalue weighted by Gasteiger charge is 2.44. The molecule has 1 aromatic heterocycles. The normalized spacial score (nSPS) is 21.6. The first-order valence-corrected chi connectivity index (χ1v) is 8.91. The predicted molar refractivity (Wildman–Crippen MR) is 101 cm³/mol. The monoisotopic (exact) mass is 331 g/mol. The van der Waals surface area contributed by atoms with Gasteiger partial charge in [0.1, 0.15) is 11.5 Å². The summed E-state index contributed by atoms with van der Waals surface area (Å²) in [5, 5.41) is 0.684. The van der Waals surface area contributed by atoms with Crippen LogP contribution in [-0.4, -0.2) is 22.3 Å². The van der Waals surface area contributed by atoms with Gasteiger partial charge in [0.05, 0.1) is 10.9 Å². The predicted octanol–water partition coefficient (Wildman–Crippen LogP) is 3.29. The molecular formula is C21H21N3O. The first kappa shape index (κ1) is 15.8. The van der Waals surface area contributed by atoms with E-state index in [0.717, 1.165) is 47.9 Å². The largest absolute Gasteiger partial charge is 0.296 e. The van der Waals surface area contributed by atoms with Crippen LogP contribution in [0.4, 0.5) is 0 Å². The van der Waals surface area contributed by atoms with Gasteiger partial charge in [0.25, 0.3) is 5.56 Å². The van der Waals surface area contributed by atoms with E-state index in [1.54, 1.807) is 7.05 Å². The lowest BCUT2D eigenvalue weighted by Gasteiger charge is -2.17. The third kappa shape index (κ3) is 2.91. The van der Waals surface area contributed by atoms with Gasteiger partial charge in [-0.1, -0.05) is 18.9 Å². The molecule has 0 bridgehead atoms. The zero-order valence-electron chi connectivity index (χ0n) is 14.6. The van der Waals surface area contributed by atoms with Gasteiger partial charge in [-0.15, -0.1) is 0 Å². The van der Waals surface area contributed by atoms with Crippen LogP contribution in [0, 0.1) is 17.8 Å². The molecule has 2 aromatic rings. The fourth-order valence-electron chi connectivity index (χ4n) is 3.53. The van der Waals surface area contributed by atoms with Crippen molar-refractivity contribution in [2.45, 2.75) is 38.6 Å². The molecule has 4 nitrogen and oxygen atoms in total. The minimum absolute atomic E-state index is 0.0894. The average molecular weight is 331 g/mol. The highest BCUT2D eigenvalue weighted by Crippen LogP contribution is 2.51. The van der Waals surface area contributed by atoms with Gasteiger partial charge in [-0.25, -0.2) is 4.98 Å². The van der Waals surface area contributed by atoms with E-state index in [-0.39, 0.29) is 5.56 Å². The smallest absolute Gasteiger partial charge is 0.261 e. The van der Waals surface area contributed by atoms with E-state index < -0.39 is 0 Å². The van der Waals surface area contributed by atoms with Crippen molar-refractivity contribution in [1.29, 1.82) is 0 Å². The lowest BCUT2D eigenvalue weighted by molar-refractivity contribution is 0.498. The van der Waals surface area contributed by atoms with E-state index in [4.69, 9.17) is 4.98 Å². The van der Waals surface area contributed by atoms with E-state index in [1.807, 2.05) is 34.9 Å². The van der Waals surface area contributed by atoms with Gasteiger partial charge in [-0.3, -0.25) is 14.4 Å². The van der Waals surface area contributed by atoms with Crippen molar-refractivity contribution in [3.63, 3.8) is 0 Å². The molecule has 1 aromatic carbocycles. The molecule has 1 aliphatic heterocycles. The third-order valence-corrected chi connectivity index (χ3v) is 5.05. The maximum atomic E-state index is 12.7. The summed E-state index contributed by atoms with van der Waals surface area (Å²) in [5.74, 6) is 8.41. The molecule has 2 unspecified atom stereocenters.